The largest absolute Gasteiger partial charge is 0.488 e. The summed E-state index contributed by atoms with van der Waals surface area (Å²) in [5, 5.41) is 0.747. The number of ether oxygens (including phenoxy) is 1. The molecule has 0 saturated carbocycles. The van der Waals surface area contributed by atoms with Crippen LogP contribution in [0.4, 0.5) is 13.2 Å². The van der Waals surface area contributed by atoms with E-state index in [1.54, 1.807) is 54.6 Å². The highest BCUT2D eigenvalue weighted by Crippen LogP contribution is 2.43. The molecule has 28 heavy (non-hydrogen) atoms. The van der Waals surface area contributed by atoms with E-state index in [4.69, 9.17) is 9.15 Å². The molecule has 0 bridgehead atoms. The third-order valence-electron chi connectivity index (χ3n) is 4.13. The van der Waals surface area contributed by atoms with Gasteiger partial charge in [0, 0.05) is 21.9 Å². The first kappa shape index (κ1) is 18.3. The molecule has 0 atom stereocenters. The van der Waals surface area contributed by atoms with E-state index in [0.717, 1.165) is 5.39 Å². The Kier molecular flexibility index (Phi) is 4.68. The number of benzene rings is 2. The SMILES string of the molecule is O=Cc1cc2ccc(OCc3cc(-c4ccccc4)c(C(F)(F)F)s3)cc2o1. The maximum absolute atomic E-state index is 13.4. The Balaban J connectivity index is 1.60. The number of halogens is 3. The van der Waals surface area contributed by atoms with Crippen LogP contribution < -0.4 is 4.74 Å². The van der Waals surface area contributed by atoms with Crippen molar-refractivity contribution in [2.24, 2.45) is 0 Å². The van der Waals surface area contributed by atoms with E-state index < -0.39 is 11.1 Å². The van der Waals surface area contributed by atoms with E-state index in [1.165, 1.54) is 6.07 Å². The first-order valence-corrected chi connectivity index (χ1v) is 9.12. The van der Waals surface area contributed by atoms with Gasteiger partial charge >= 0.3 is 6.18 Å². The Morgan fingerprint density at radius 2 is 1.82 bits per heavy atom. The lowest BCUT2D eigenvalue weighted by Crippen LogP contribution is -2.03. The minimum absolute atomic E-state index is 0.00661. The van der Waals surface area contributed by atoms with E-state index in [1.807, 2.05) is 0 Å². The van der Waals surface area contributed by atoms with Crippen molar-refractivity contribution in [2.45, 2.75) is 12.8 Å². The van der Waals surface area contributed by atoms with Crippen LogP contribution in [0.2, 0.25) is 0 Å². The van der Waals surface area contributed by atoms with Gasteiger partial charge in [-0.3, -0.25) is 4.79 Å². The van der Waals surface area contributed by atoms with Crippen LogP contribution in [0, 0.1) is 0 Å². The van der Waals surface area contributed by atoms with Crippen LogP contribution in [0.5, 0.6) is 5.75 Å². The zero-order chi connectivity index (χ0) is 19.7. The lowest BCUT2D eigenvalue weighted by Gasteiger charge is -2.07. The fourth-order valence-corrected chi connectivity index (χ4v) is 3.85. The lowest BCUT2D eigenvalue weighted by atomic mass is 10.1. The van der Waals surface area contributed by atoms with Gasteiger partial charge in [-0.2, -0.15) is 13.2 Å². The van der Waals surface area contributed by atoms with Gasteiger partial charge in [0.2, 0.25) is 0 Å². The predicted octanol–water partition coefficient (Wildman–Crippen LogP) is 6.57. The number of aldehydes is 1. The monoisotopic (exact) mass is 402 g/mol. The molecular weight excluding hydrogens is 389 g/mol. The molecule has 0 radical (unpaired) electrons. The molecule has 0 saturated heterocycles. The molecule has 0 unspecified atom stereocenters. The second-order valence-electron chi connectivity index (χ2n) is 6.07. The molecule has 0 aliphatic rings. The minimum atomic E-state index is -4.44. The van der Waals surface area contributed by atoms with E-state index in [0.29, 0.717) is 39.4 Å². The molecule has 7 heteroatoms. The van der Waals surface area contributed by atoms with Crippen molar-refractivity contribution in [3.8, 4) is 16.9 Å². The number of thiophene rings is 1. The number of hydrogen-bond donors (Lipinski definition) is 0. The molecule has 142 valence electrons. The molecule has 2 heterocycles. The van der Waals surface area contributed by atoms with Gasteiger partial charge in [0.25, 0.3) is 0 Å². The molecule has 4 rings (SSSR count). The first-order valence-electron chi connectivity index (χ1n) is 8.31. The maximum Gasteiger partial charge on any atom is 0.426 e. The summed E-state index contributed by atoms with van der Waals surface area (Å²) in [4.78, 5) is 10.6. The van der Waals surface area contributed by atoms with Gasteiger partial charge in [0.15, 0.2) is 12.0 Å². The van der Waals surface area contributed by atoms with Crippen LogP contribution in [-0.2, 0) is 12.8 Å². The van der Waals surface area contributed by atoms with E-state index in [2.05, 4.69) is 0 Å². The molecule has 3 nitrogen and oxygen atoms in total. The Hall–Kier alpha value is -3.06. The fourth-order valence-electron chi connectivity index (χ4n) is 2.89. The highest BCUT2D eigenvalue weighted by molar-refractivity contribution is 7.12. The van der Waals surface area contributed by atoms with Gasteiger partial charge in [-0.25, -0.2) is 0 Å². The lowest BCUT2D eigenvalue weighted by molar-refractivity contribution is -0.133. The predicted molar refractivity (Wildman–Crippen MR) is 101 cm³/mol. The number of carbonyl (C=O) groups excluding carboxylic acids is 1. The van der Waals surface area contributed by atoms with Crippen molar-refractivity contribution in [2.75, 3.05) is 0 Å². The fraction of sp³-hybridized carbons (Fsp3) is 0.0952. The molecule has 0 spiro atoms. The number of hydrogen-bond acceptors (Lipinski definition) is 4. The van der Waals surface area contributed by atoms with Crippen molar-refractivity contribution in [3.63, 3.8) is 0 Å². The molecule has 0 fully saturated rings. The summed E-state index contributed by atoms with van der Waals surface area (Å²) in [7, 11) is 0. The van der Waals surface area contributed by atoms with E-state index in [9.17, 15) is 18.0 Å². The highest BCUT2D eigenvalue weighted by Gasteiger charge is 2.36. The average Bonchev–Trinajstić information content (AvgIpc) is 3.30. The standard InChI is InChI=1S/C21H13F3O3S/c22-21(23,24)20-18(13-4-2-1-3-5-13)10-17(28-20)12-26-15-7-6-14-8-16(11-25)27-19(14)9-15/h1-11H,12H2. The summed E-state index contributed by atoms with van der Waals surface area (Å²) in [5.74, 6) is 0.648. The summed E-state index contributed by atoms with van der Waals surface area (Å²) in [6.07, 6.45) is -3.83. The zero-order valence-electron chi connectivity index (χ0n) is 14.3. The molecule has 2 aromatic carbocycles. The molecule has 2 aromatic heterocycles. The Morgan fingerprint density at radius 1 is 1.04 bits per heavy atom. The number of alkyl halides is 3. The molecule has 0 amide bonds. The molecule has 4 aromatic rings. The summed E-state index contributed by atoms with van der Waals surface area (Å²) < 4.78 is 51.3. The van der Waals surface area contributed by atoms with Crippen molar-refractivity contribution >= 4 is 28.6 Å². The summed E-state index contributed by atoms with van der Waals surface area (Å²) >= 11 is 0.672. The van der Waals surface area contributed by atoms with Crippen LogP contribution >= 0.6 is 11.3 Å². The van der Waals surface area contributed by atoms with E-state index in [-0.39, 0.29) is 17.9 Å². The Bertz CT molecular complexity index is 1130. The van der Waals surface area contributed by atoms with Crippen molar-refractivity contribution < 1.29 is 27.1 Å². The van der Waals surface area contributed by atoms with Gasteiger partial charge < -0.3 is 9.15 Å². The second kappa shape index (κ2) is 7.16. The van der Waals surface area contributed by atoms with Crippen LogP contribution in [0.3, 0.4) is 0 Å². The third-order valence-corrected chi connectivity index (χ3v) is 5.29. The summed E-state index contributed by atoms with van der Waals surface area (Å²) in [6, 6.07) is 16.6. The van der Waals surface area contributed by atoms with Crippen LogP contribution in [0.15, 0.2) is 65.1 Å². The van der Waals surface area contributed by atoms with Gasteiger partial charge in [-0.15, -0.1) is 11.3 Å². The Labute approximate surface area is 162 Å². The van der Waals surface area contributed by atoms with Crippen molar-refractivity contribution in [3.05, 3.63) is 76.2 Å². The topological polar surface area (TPSA) is 39.4 Å². The van der Waals surface area contributed by atoms with E-state index >= 15 is 0 Å². The van der Waals surface area contributed by atoms with Crippen LogP contribution in [0.25, 0.3) is 22.1 Å². The van der Waals surface area contributed by atoms with Crippen LogP contribution in [0.1, 0.15) is 20.3 Å². The highest BCUT2D eigenvalue weighted by atomic mass is 32.1. The normalized spacial score (nSPS) is 11.7. The van der Waals surface area contributed by atoms with Gasteiger partial charge in [-0.05, 0) is 29.8 Å². The van der Waals surface area contributed by atoms with Crippen molar-refractivity contribution in [1.82, 2.24) is 0 Å². The van der Waals surface area contributed by atoms with Crippen molar-refractivity contribution in [1.29, 1.82) is 0 Å². The summed E-state index contributed by atoms with van der Waals surface area (Å²) in [6.45, 7) is -0.00661. The number of carbonyl (C=O) groups is 1. The first-order chi connectivity index (χ1) is 13.4. The van der Waals surface area contributed by atoms with Gasteiger partial charge in [-0.1, -0.05) is 30.3 Å². The number of furan rings is 1. The minimum Gasteiger partial charge on any atom is -0.488 e. The smallest absolute Gasteiger partial charge is 0.426 e. The second-order valence-corrected chi connectivity index (χ2v) is 7.21. The Morgan fingerprint density at radius 3 is 2.54 bits per heavy atom. The molecule has 0 aliphatic heterocycles. The number of rotatable bonds is 5. The maximum atomic E-state index is 13.4. The zero-order valence-corrected chi connectivity index (χ0v) is 15.1. The average molecular weight is 402 g/mol. The molecular formula is C21H13F3O3S. The summed E-state index contributed by atoms with van der Waals surface area (Å²) in [5.41, 5.74) is 1.14. The van der Waals surface area contributed by atoms with Gasteiger partial charge in [0.1, 0.15) is 22.8 Å². The van der Waals surface area contributed by atoms with Gasteiger partial charge in [0.05, 0.1) is 0 Å². The quantitative estimate of drug-likeness (QED) is 0.354. The molecule has 0 N–H and O–H groups in total. The number of fused-ring (bicyclic) bond motifs is 1. The third kappa shape index (κ3) is 3.66. The molecule has 0 aliphatic carbocycles. The van der Waals surface area contributed by atoms with Crippen LogP contribution in [-0.4, -0.2) is 6.29 Å².